The van der Waals surface area contributed by atoms with Crippen LogP contribution < -0.4 is 5.32 Å². The van der Waals surface area contributed by atoms with Crippen molar-refractivity contribution >= 4 is 5.97 Å². The molecule has 0 fully saturated rings. The average molecular weight is 289 g/mol. The van der Waals surface area contributed by atoms with Gasteiger partial charge in [0, 0.05) is 12.5 Å². The molecule has 1 aromatic carbocycles. The van der Waals surface area contributed by atoms with E-state index in [4.69, 9.17) is 0 Å². The van der Waals surface area contributed by atoms with Gasteiger partial charge in [-0.05, 0) is 24.1 Å². The monoisotopic (exact) mass is 289 g/mol. The summed E-state index contributed by atoms with van der Waals surface area (Å²) in [5.74, 6) is -1.44. The molecule has 0 saturated carbocycles. The lowest BCUT2D eigenvalue weighted by Crippen LogP contribution is -2.42. The maximum atomic E-state index is 12.9. The number of halogens is 1. The van der Waals surface area contributed by atoms with E-state index in [1.165, 1.54) is 12.2 Å². The van der Waals surface area contributed by atoms with Crippen molar-refractivity contribution < 1.29 is 14.3 Å². The van der Waals surface area contributed by atoms with Gasteiger partial charge in [-0.2, -0.15) is 0 Å². The number of hydrogen-bond donors (Lipinski definition) is 2. The average Bonchev–Trinajstić information content (AvgIpc) is 2.52. The molecule has 1 aliphatic carbocycles. The first kappa shape index (κ1) is 16.9. The second-order valence-corrected chi connectivity index (χ2v) is 4.53. The summed E-state index contributed by atoms with van der Waals surface area (Å²) in [5.41, 5.74) is 1.02. The van der Waals surface area contributed by atoms with Crippen molar-refractivity contribution in [3.8, 4) is 0 Å². The smallest absolute Gasteiger partial charge is 0.321 e. The van der Waals surface area contributed by atoms with Gasteiger partial charge in [0.05, 0.1) is 0 Å². The summed E-state index contributed by atoms with van der Waals surface area (Å²) in [6.07, 6.45) is 4.77. The fraction of sp³-hybridized carbons (Fsp3) is 0.235. The third-order valence-electron chi connectivity index (χ3n) is 3.15. The third-order valence-corrected chi connectivity index (χ3v) is 3.15. The molecule has 0 saturated heterocycles. The Morgan fingerprint density at radius 2 is 2.05 bits per heavy atom. The lowest BCUT2D eigenvalue weighted by Gasteiger charge is -2.23. The molecule has 0 aliphatic heterocycles. The first-order valence-corrected chi connectivity index (χ1v) is 6.71. The molecule has 1 aromatic rings. The van der Waals surface area contributed by atoms with Crippen molar-refractivity contribution in [2.45, 2.75) is 19.0 Å². The molecule has 0 heterocycles. The summed E-state index contributed by atoms with van der Waals surface area (Å²) in [4.78, 5) is 11.3. The Labute approximate surface area is 124 Å². The molecule has 0 radical (unpaired) electrons. The van der Waals surface area contributed by atoms with E-state index in [1.807, 2.05) is 30.3 Å². The molecule has 2 rings (SSSR count). The maximum absolute atomic E-state index is 12.9. The summed E-state index contributed by atoms with van der Waals surface area (Å²) in [6, 6.07) is 8.89. The first-order chi connectivity index (χ1) is 10.2. The van der Waals surface area contributed by atoms with Crippen molar-refractivity contribution in [3.05, 3.63) is 73.1 Å². The zero-order valence-corrected chi connectivity index (χ0v) is 11.8. The molecule has 4 heteroatoms. The van der Waals surface area contributed by atoms with E-state index in [9.17, 15) is 14.3 Å². The van der Waals surface area contributed by atoms with E-state index in [2.05, 4.69) is 18.5 Å². The summed E-state index contributed by atoms with van der Waals surface area (Å²) >= 11 is 0. The summed E-state index contributed by atoms with van der Waals surface area (Å²) in [5, 5.41) is 12.3. The Morgan fingerprint density at radius 1 is 1.38 bits per heavy atom. The number of carboxylic acids is 1. The minimum absolute atomic E-state index is 0.222. The molecule has 3 nitrogen and oxygen atoms in total. The van der Waals surface area contributed by atoms with Gasteiger partial charge in [0.25, 0.3) is 0 Å². The third kappa shape index (κ3) is 5.36. The molecular formula is C17H20FNO2. The normalized spacial score (nSPS) is 18.1. The van der Waals surface area contributed by atoms with Gasteiger partial charge in [-0.25, -0.2) is 4.39 Å². The zero-order chi connectivity index (χ0) is 15.7. The lowest BCUT2D eigenvalue weighted by atomic mass is 9.92. The molecule has 0 bridgehead atoms. The van der Waals surface area contributed by atoms with Crippen molar-refractivity contribution in [2.75, 3.05) is 0 Å². The van der Waals surface area contributed by atoms with Crippen LogP contribution in [0.5, 0.6) is 0 Å². The minimum atomic E-state index is -0.915. The maximum Gasteiger partial charge on any atom is 0.321 e. The fourth-order valence-electron chi connectivity index (χ4n) is 2.10. The van der Waals surface area contributed by atoms with Crippen LogP contribution in [0.4, 0.5) is 4.39 Å². The molecule has 112 valence electrons. The lowest BCUT2D eigenvalue weighted by molar-refractivity contribution is -0.140. The van der Waals surface area contributed by atoms with Gasteiger partial charge >= 0.3 is 5.97 Å². The van der Waals surface area contributed by atoms with E-state index in [0.717, 1.165) is 5.56 Å². The Hall–Kier alpha value is -2.20. The van der Waals surface area contributed by atoms with Crippen LogP contribution in [0.3, 0.4) is 0 Å². The number of aliphatic carboxylic acids is 1. The van der Waals surface area contributed by atoms with Gasteiger partial charge in [0.1, 0.15) is 11.9 Å². The molecule has 0 aromatic heterocycles. The predicted molar refractivity (Wildman–Crippen MR) is 82.4 cm³/mol. The summed E-state index contributed by atoms with van der Waals surface area (Å²) < 4.78 is 12.9. The van der Waals surface area contributed by atoms with Gasteiger partial charge in [0.2, 0.25) is 0 Å². The Kier molecular flexibility index (Phi) is 7.12. The molecule has 2 atom stereocenters. The van der Waals surface area contributed by atoms with Gasteiger partial charge in [-0.3, -0.25) is 10.1 Å². The van der Waals surface area contributed by atoms with Crippen molar-refractivity contribution in [1.82, 2.24) is 5.32 Å². The molecule has 21 heavy (non-hydrogen) atoms. The van der Waals surface area contributed by atoms with E-state index in [-0.39, 0.29) is 11.7 Å². The van der Waals surface area contributed by atoms with Crippen molar-refractivity contribution in [3.63, 3.8) is 0 Å². The number of carboxylic acid groups (broad SMARTS) is 1. The predicted octanol–water partition coefficient (Wildman–Crippen LogP) is 3.46. The summed E-state index contributed by atoms with van der Waals surface area (Å²) in [7, 11) is 0. The van der Waals surface area contributed by atoms with Gasteiger partial charge in [-0.15, -0.1) is 13.2 Å². The highest BCUT2D eigenvalue weighted by Gasteiger charge is 2.26. The van der Waals surface area contributed by atoms with Crippen LogP contribution in [-0.2, 0) is 11.3 Å². The molecular weight excluding hydrogens is 269 g/mol. The van der Waals surface area contributed by atoms with Crippen LogP contribution in [-0.4, -0.2) is 17.1 Å². The molecule has 1 unspecified atom stereocenters. The van der Waals surface area contributed by atoms with Gasteiger partial charge < -0.3 is 5.11 Å². The zero-order valence-electron chi connectivity index (χ0n) is 11.8. The summed E-state index contributed by atoms with van der Waals surface area (Å²) in [6.45, 7) is 6.48. The van der Waals surface area contributed by atoms with E-state index in [1.54, 1.807) is 6.08 Å². The van der Waals surface area contributed by atoms with Crippen LogP contribution in [0, 0.1) is 5.92 Å². The first-order valence-electron chi connectivity index (χ1n) is 6.71. The minimum Gasteiger partial charge on any atom is -0.480 e. The Bertz CT molecular complexity index is 511. The van der Waals surface area contributed by atoms with Gasteiger partial charge in [0.15, 0.2) is 0 Å². The van der Waals surface area contributed by atoms with Gasteiger partial charge in [-0.1, -0.05) is 36.4 Å². The number of rotatable bonds is 5. The molecule has 0 spiro atoms. The van der Waals surface area contributed by atoms with E-state index in [0.29, 0.717) is 13.0 Å². The Morgan fingerprint density at radius 3 is 2.57 bits per heavy atom. The highest BCUT2D eigenvalue weighted by molar-refractivity contribution is 5.74. The van der Waals surface area contributed by atoms with Crippen LogP contribution >= 0.6 is 0 Å². The largest absolute Gasteiger partial charge is 0.480 e. The fourth-order valence-corrected chi connectivity index (χ4v) is 2.10. The standard InChI is InChI=1S/C15H16FNO2.C2H4/c16-13-8-6-12(7-9-13)14(15(18)19)17-10-11-4-2-1-3-5-11;1-2/h1-6,8-9,12,14,17H,7,10H2,(H,18,19);1-2H2/t12?,14-;/m0./s1. The number of hydrogen-bond acceptors (Lipinski definition) is 2. The van der Waals surface area contributed by atoms with E-state index >= 15 is 0 Å². The van der Waals surface area contributed by atoms with Crippen LogP contribution in [0.1, 0.15) is 12.0 Å². The topological polar surface area (TPSA) is 49.3 Å². The quantitative estimate of drug-likeness (QED) is 0.816. The van der Waals surface area contributed by atoms with Crippen molar-refractivity contribution in [1.29, 1.82) is 0 Å². The van der Waals surface area contributed by atoms with Crippen molar-refractivity contribution in [2.24, 2.45) is 5.92 Å². The second-order valence-electron chi connectivity index (χ2n) is 4.53. The SMILES string of the molecule is C=C.O=C(O)[C@@H](NCc1ccccc1)C1C=CC(F)=CC1. The number of benzene rings is 1. The van der Waals surface area contributed by atoms with Crippen LogP contribution in [0.2, 0.25) is 0 Å². The van der Waals surface area contributed by atoms with E-state index < -0.39 is 12.0 Å². The second kappa shape index (κ2) is 8.87. The van der Waals surface area contributed by atoms with Crippen LogP contribution in [0.25, 0.3) is 0 Å². The highest BCUT2D eigenvalue weighted by Crippen LogP contribution is 2.20. The number of nitrogens with one attached hydrogen (secondary N) is 1. The molecule has 1 aliphatic rings. The molecule has 0 amide bonds. The highest BCUT2D eigenvalue weighted by atomic mass is 19.1. The Balaban J connectivity index is 0.00000106. The number of allylic oxidation sites excluding steroid dienone is 3. The van der Waals surface area contributed by atoms with Crippen LogP contribution in [0.15, 0.2) is 67.5 Å². The number of carbonyl (C=O) groups is 1. The molecule has 2 N–H and O–H groups in total.